The van der Waals surface area contributed by atoms with Gasteiger partial charge in [0, 0.05) is 28.9 Å². The quantitative estimate of drug-likeness (QED) is 0.560. The first-order chi connectivity index (χ1) is 12.1. The monoisotopic (exact) mass is 362 g/mol. The van der Waals surface area contributed by atoms with Crippen LogP contribution in [-0.4, -0.2) is 40.6 Å². The normalized spacial score (nSPS) is 47.9. The Labute approximate surface area is 149 Å². The molecule has 1 saturated carbocycles. The molecule has 7 heteroatoms. The van der Waals surface area contributed by atoms with Crippen LogP contribution in [0.4, 0.5) is 0 Å². The summed E-state index contributed by atoms with van der Waals surface area (Å²) in [6.07, 6.45) is -3.74. The summed E-state index contributed by atoms with van der Waals surface area (Å²) in [7, 11) is 0. The molecule has 4 aliphatic rings. The fourth-order valence-electron chi connectivity index (χ4n) is 5.85. The van der Waals surface area contributed by atoms with E-state index in [9.17, 15) is 19.8 Å². The molecule has 0 unspecified atom stereocenters. The van der Waals surface area contributed by atoms with Gasteiger partial charge >= 0.3 is 11.6 Å². The van der Waals surface area contributed by atoms with Crippen LogP contribution in [0.2, 0.25) is 0 Å². The van der Waals surface area contributed by atoms with Crippen LogP contribution in [-0.2, 0) is 19.7 Å². The second-order valence-corrected chi connectivity index (χ2v) is 8.74. The van der Waals surface area contributed by atoms with Crippen LogP contribution in [0, 0.1) is 11.3 Å². The van der Waals surface area contributed by atoms with E-state index >= 15 is 0 Å². The highest BCUT2D eigenvalue weighted by atomic mass is 16.6. The van der Waals surface area contributed by atoms with Gasteiger partial charge in [-0.1, -0.05) is 20.8 Å². The fourth-order valence-corrected chi connectivity index (χ4v) is 5.85. The van der Waals surface area contributed by atoms with Gasteiger partial charge in [-0.15, -0.1) is 0 Å². The molecule has 1 aromatic rings. The molecular weight excluding hydrogens is 340 g/mol. The molecule has 0 amide bonds. The van der Waals surface area contributed by atoms with E-state index in [1.54, 1.807) is 6.92 Å². The summed E-state index contributed by atoms with van der Waals surface area (Å²) in [5.74, 6) is -0.739. The Kier molecular flexibility index (Phi) is 2.90. The van der Waals surface area contributed by atoms with E-state index in [1.807, 2.05) is 20.8 Å². The Balaban J connectivity index is 1.85. The molecule has 2 saturated heterocycles. The number of hydrogen-bond donors (Lipinski definition) is 2. The molecule has 0 bridgehead atoms. The van der Waals surface area contributed by atoms with Gasteiger partial charge in [-0.2, -0.15) is 0 Å². The topological polar surface area (TPSA) is 110 Å². The molecule has 1 aromatic heterocycles. The molecular formula is C19H22O7. The van der Waals surface area contributed by atoms with Gasteiger partial charge in [-0.3, -0.25) is 4.79 Å². The maximum absolute atomic E-state index is 12.7. The number of aliphatic hydroxyl groups excluding tert-OH is 2. The zero-order valence-electron chi connectivity index (χ0n) is 15.1. The summed E-state index contributed by atoms with van der Waals surface area (Å²) < 4.78 is 16.8. The van der Waals surface area contributed by atoms with Crippen molar-refractivity contribution >= 4 is 5.97 Å². The van der Waals surface area contributed by atoms with Gasteiger partial charge < -0.3 is 24.1 Å². The van der Waals surface area contributed by atoms with E-state index in [4.69, 9.17) is 13.9 Å². The Morgan fingerprint density at radius 1 is 1.12 bits per heavy atom. The van der Waals surface area contributed by atoms with Gasteiger partial charge in [0.25, 0.3) is 0 Å². The molecule has 0 spiro atoms. The highest BCUT2D eigenvalue weighted by Gasteiger charge is 2.79. The lowest BCUT2D eigenvalue weighted by Gasteiger charge is -2.51. The number of esters is 1. The lowest BCUT2D eigenvalue weighted by atomic mass is 9.48. The van der Waals surface area contributed by atoms with Crippen molar-refractivity contribution in [2.24, 2.45) is 11.3 Å². The van der Waals surface area contributed by atoms with Crippen molar-refractivity contribution in [3.63, 3.8) is 0 Å². The third kappa shape index (κ3) is 1.57. The van der Waals surface area contributed by atoms with Crippen LogP contribution in [0.1, 0.15) is 56.6 Å². The third-order valence-corrected chi connectivity index (χ3v) is 7.09. The van der Waals surface area contributed by atoms with Crippen LogP contribution in [0.15, 0.2) is 15.3 Å². The van der Waals surface area contributed by atoms with E-state index in [2.05, 4.69) is 0 Å². The minimum Gasteiger partial charge on any atom is -0.458 e. The van der Waals surface area contributed by atoms with Gasteiger partial charge in [0.15, 0.2) is 0 Å². The van der Waals surface area contributed by atoms with Gasteiger partial charge in [0.1, 0.15) is 29.5 Å². The SMILES string of the molecule is CC(C)c1oc(=O)cc2c1[C@@H](O)[C@H]1OC(=O)[C@]3(C)[C@@H]1[C@]2(C)[C@@H]1O[C@@H]1[C@@H]3O. The predicted molar refractivity (Wildman–Crippen MR) is 87.5 cm³/mol. The number of hydrogen-bond acceptors (Lipinski definition) is 7. The van der Waals surface area contributed by atoms with Gasteiger partial charge in [-0.05, 0) is 12.5 Å². The zero-order chi connectivity index (χ0) is 18.8. The molecule has 3 heterocycles. The van der Waals surface area contributed by atoms with Gasteiger partial charge in [0.05, 0.1) is 12.2 Å². The standard InChI is InChI=1S/C19H22O7/c1-6(2)11-9-7(5-8(20)24-11)18(3)14-12(10(9)21)26-17(23)19(14,4)15(22)13-16(18)25-13/h5-6,10,12-16,21-22H,1-4H3/t10-,12-,13-,14+,15+,16-,18-,19-/m1/s1. The summed E-state index contributed by atoms with van der Waals surface area (Å²) in [6, 6.07) is 1.40. The lowest BCUT2D eigenvalue weighted by molar-refractivity contribution is -0.156. The molecule has 7 nitrogen and oxygen atoms in total. The molecule has 3 fully saturated rings. The first-order valence-corrected chi connectivity index (χ1v) is 9.04. The summed E-state index contributed by atoms with van der Waals surface area (Å²) in [5.41, 5.74) is -1.25. The highest BCUT2D eigenvalue weighted by Crippen LogP contribution is 2.68. The van der Waals surface area contributed by atoms with E-state index in [-0.39, 0.29) is 12.0 Å². The summed E-state index contributed by atoms with van der Waals surface area (Å²) in [6.45, 7) is 7.38. The Bertz CT molecular complexity index is 888. The fraction of sp³-hybridized carbons (Fsp3) is 0.684. The van der Waals surface area contributed by atoms with Crippen LogP contribution >= 0.6 is 0 Å². The molecule has 2 aliphatic heterocycles. The molecule has 8 atom stereocenters. The molecule has 140 valence electrons. The van der Waals surface area contributed by atoms with Crippen molar-refractivity contribution in [2.45, 2.75) is 69.5 Å². The maximum atomic E-state index is 12.7. The van der Waals surface area contributed by atoms with Crippen molar-refractivity contribution in [3.8, 4) is 0 Å². The maximum Gasteiger partial charge on any atom is 0.336 e. The summed E-state index contributed by atoms with van der Waals surface area (Å²) in [5, 5.41) is 21.8. The van der Waals surface area contributed by atoms with Crippen LogP contribution in [0.25, 0.3) is 0 Å². The molecule has 0 radical (unpaired) electrons. The Hall–Kier alpha value is -1.70. The Morgan fingerprint density at radius 2 is 1.81 bits per heavy atom. The van der Waals surface area contributed by atoms with Crippen LogP contribution < -0.4 is 5.63 Å². The highest BCUT2D eigenvalue weighted by molar-refractivity contribution is 5.82. The van der Waals surface area contributed by atoms with Crippen molar-refractivity contribution in [2.75, 3.05) is 0 Å². The average molecular weight is 362 g/mol. The molecule has 26 heavy (non-hydrogen) atoms. The summed E-state index contributed by atoms with van der Waals surface area (Å²) >= 11 is 0. The minimum absolute atomic E-state index is 0.124. The van der Waals surface area contributed by atoms with Crippen molar-refractivity contribution in [3.05, 3.63) is 33.4 Å². The molecule has 2 N–H and O–H groups in total. The van der Waals surface area contributed by atoms with E-state index in [0.717, 1.165) is 0 Å². The smallest absolute Gasteiger partial charge is 0.336 e. The van der Waals surface area contributed by atoms with Gasteiger partial charge in [0.2, 0.25) is 0 Å². The largest absolute Gasteiger partial charge is 0.458 e. The second-order valence-electron chi connectivity index (χ2n) is 8.74. The number of carbonyl (C=O) groups is 1. The zero-order valence-corrected chi connectivity index (χ0v) is 15.1. The lowest BCUT2D eigenvalue weighted by Crippen LogP contribution is -2.62. The number of aliphatic hydroxyl groups is 2. The first kappa shape index (κ1) is 16.5. The molecule has 5 rings (SSSR count). The van der Waals surface area contributed by atoms with E-state index in [1.165, 1.54) is 6.07 Å². The Morgan fingerprint density at radius 3 is 2.46 bits per heavy atom. The number of epoxide rings is 1. The molecule has 0 aromatic carbocycles. The number of fused-ring (bicyclic) bond motifs is 4. The first-order valence-electron chi connectivity index (χ1n) is 9.04. The van der Waals surface area contributed by atoms with Crippen molar-refractivity contribution in [1.29, 1.82) is 0 Å². The van der Waals surface area contributed by atoms with Crippen LogP contribution in [0.5, 0.6) is 0 Å². The van der Waals surface area contributed by atoms with E-state index < -0.39 is 52.8 Å². The number of rotatable bonds is 1. The van der Waals surface area contributed by atoms with Crippen LogP contribution in [0.3, 0.4) is 0 Å². The third-order valence-electron chi connectivity index (χ3n) is 7.09. The average Bonchev–Trinajstić information content (AvgIpc) is 3.33. The minimum atomic E-state index is -1.19. The van der Waals surface area contributed by atoms with E-state index in [0.29, 0.717) is 16.9 Å². The number of ether oxygens (including phenoxy) is 2. The molecule has 2 aliphatic carbocycles. The van der Waals surface area contributed by atoms with Gasteiger partial charge in [-0.25, -0.2) is 4.79 Å². The number of carbonyl (C=O) groups excluding carboxylic acids is 1. The van der Waals surface area contributed by atoms with Crippen molar-refractivity contribution < 1.29 is 28.9 Å². The predicted octanol–water partition coefficient (Wildman–Crippen LogP) is 0.758. The second kappa shape index (κ2) is 4.58. The summed E-state index contributed by atoms with van der Waals surface area (Å²) in [4.78, 5) is 25.0. The van der Waals surface area contributed by atoms with Crippen molar-refractivity contribution in [1.82, 2.24) is 0 Å².